The summed E-state index contributed by atoms with van der Waals surface area (Å²) >= 11 is 0. The Morgan fingerprint density at radius 2 is 1.05 bits per heavy atom. The lowest BCUT2D eigenvalue weighted by molar-refractivity contribution is -0.190. The number of hydrogen-bond acceptors (Lipinski definition) is 6. The molecule has 0 radical (unpaired) electrons. The monoisotopic (exact) mass is 318 g/mol. The van der Waals surface area contributed by atoms with Gasteiger partial charge in [-0.15, -0.1) is 0 Å². The number of ether oxygens (including phenoxy) is 4. The zero-order chi connectivity index (χ0) is 17.1. The summed E-state index contributed by atoms with van der Waals surface area (Å²) in [5.74, 6) is -1.20. The fraction of sp³-hybridized carbons (Fsp3) is 0.875. The van der Waals surface area contributed by atoms with Gasteiger partial charge in [-0.1, -0.05) is 13.8 Å². The maximum absolute atomic E-state index is 12.2. The van der Waals surface area contributed by atoms with E-state index in [1.807, 2.05) is 13.8 Å². The number of rotatable bonds is 11. The molecule has 0 fully saturated rings. The molecule has 0 aromatic carbocycles. The summed E-state index contributed by atoms with van der Waals surface area (Å²) in [6.45, 7) is 11.5. The normalized spacial score (nSPS) is 14.0. The molecule has 0 amide bonds. The Kier molecular flexibility index (Phi) is 10.8. The van der Waals surface area contributed by atoms with Crippen molar-refractivity contribution in [3.8, 4) is 0 Å². The van der Waals surface area contributed by atoms with E-state index in [0.717, 1.165) is 0 Å². The molecule has 6 heteroatoms. The van der Waals surface area contributed by atoms with Crippen molar-refractivity contribution in [1.82, 2.24) is 0 Å². The van der Waals surface area contributed by atoms with Gasteiger partial charge in [-0.2, -0.15) is 0 Å². The van der Waals surface area contributed by atoms with Crippen LogP contribution in [-0.4, -0.2) is 49.6 Å². The van der Waals surface area contributed by atoms with Crippen LogP contribution in [0.1, 0.15) is 54.4 Å². The van der Waals surface area contributed by atoms with Gasteiger partial charge < -0.3 is 18.9 Å². The van der Waals surface area contributed by atoms with Gasteiger partial charge in [0.25, 0.3) is 0 Å². The summed E-state index contributed by atoms with van der Waals surface area (Å²) in [4.78, 5) is 24.4. The van der Waals surface area contributed by atoms with E-state index in [2.05, 4.69) is 0 Å². The molecular formula is C16H30O6. The molecule has 0 N–H and O–H groups in total. The summed E-state index contributed by atoms with van der Waals surface area (Å²) in [7, 11) is 0. The van der Waals surface area contributed by atoms with Gasteiger partial charge >= 0.3 is 11.9 Å². The predicted octanol–water partition coefficient (Wildman–Crippen LogP) is 2.48. The first-order chi connectivity index (χ1) is 10.3. The molecule has 6 nitrogen and oxygen atoms in total. The van der Waals surface area contributed by atoms with Crippen molar-refractivity contribution < 1.29 is 28.5 Å². The van der Waals surface area contributed by atoms with Crippen LogP contribution < -0.4 is 0 Å². The van der Waals surface area contributed by atoms with E-state index in [9.17, 15) is 9.59 Å². The summed E-state index contributed by atoms with van der Waals surface area (Å²) < 4.78 is 21.4. The van der Waals surface area contributed by atoms with Crippen LogP contribution in [0, 0.1) is 0 Å². The van der Waals surface area contributed by atoms with Crippen LogP contribution in [0.2, 0.25) is 0 Å². The second-order valence-electron chi connectivity index (χ2n) is 5.55. The zero-order valence-corrected chi connectivity index (χ0v) is 14.6. The molecule has 0 spiro atoms. The third-order valence-corrected chi connectivity index (χ3v) is 2.47. The maximum atomic E-state index is 12.2. The fourth-order valence-electron chi connectivity index (χ4n) is 1.66. The second kappa shape index (κ2) is 11.4. The SMILES string of the molecule is CCCOC(=O)C(OC(C)C)C(OC(C)C)C(=O)OCCC. The van der Waals surface area contributed by atoms with Crippen molar-refractivity contribution in [2.75, 3.05) is 13.2 Å². The number of carbonyl (C=O) groups is 2. The first kappa shape index (κ1) is 20.9. The Balaban J connectivity index is 5.14. The van der Waals surface area contributed by atoms with Gasteiger partial charge in [0.15, 0.2) is 12.2 Å². The van der Waals surface area contributed by atoms with E-state index < -0.39 is 24.1 Å². The molecule has 0 heterocycles. The van der Waals surface area contributed by atoms with E-state index >= 15 is 0 Å². The first-order valence-electron chi connectivity index (χ1n) is 7.97. The van der Waals surface area contributed by atoms with Gasteiger partial charge in [0, 0.05) is 0 Å². The Hall–Kier alpha value is -1.14. The van der Waals surface area contributed by atoms with Gasteiger partial charge in [-0.3, -0.25) is 0 Å². The lowest BCUT2D eigenvalue weighted by Crippen LogP contribution is -2.47. The molecule has 0 aliphatic heterocycles. The van der Waals surface area contributed by atoms with Gasteiger partial charge in [0.1, 0.15) is 0 Å². The topological polar surface area (TPSA) is 71.1 Å². The smallest absolute Gasteiger partial charge is 0.338 e. The lowest BCUT2D eigenvalue weighted by atomic mass is 10.2. The lowest BCUT2D eigenvalue weighted by Gasteiger charge is -2.27. The van der Waals surface area contributed by atoms with Crippen molar-refractivity contribution in [3.05, 3.63) is 0 Å². The summed E-state index contributed by atoms with van der Waals surface area (Å²) in [6, 6.07) is 0. The molecule has 0 bridgehead atoms. The van der Waals surface area contributed by atoms with E-state index in [0.29, 0.717) is 12.8 Å². The minimum absolute atomic E-state index is 0.253. The second-order valence-corrected chi connectivity index (χ2v) is 5.55. The average Bonchev–Trinajstić information content (AvgIpc) is 2.45. The quantitative estimate of drug-likeness (QED) is 0.545. The largest absolute Gasteiger partial charge is 0.464 e. The summed E-state index contributed by atoms with van der Waals surface area (Å²) in [6.07, 6.45) is -1.38. The molecule has 0 rings (SSSR count). The molecule has 0 saturated carbocycles. The highest BCUT2D eigenvalue weighted by atomic mass is 16.6. The summed E-state index contributed by atoms with van der Waals surface area (Å²) in [5.41, 5.74) is 0. The Morgan fingerprint density at radius 1 is 0.727 bits per heavy atom. The highest BCUT2D eigenvalue weighted by Crippen LogP contribution is 2.14. The van der Waals surface area contributed by atoms with Gasteiger partial charge in [-0.05, 0) is 40.5 Å². The Labute approximate surface area is 133 Å². The minimum atomic E-state index is -1.13. The first-order valence-corrected chi connectivity index (χ1v) is 7.97. The number of hydrogen-bond donors (Lipinski definition) is 0. The minimum Gasteiger partial charge on any atom is -0.464 e. The number of carbonyl (C=O) groups excluding carboxylic acids is 2. The van der Waals surface area contributed by atoms with Crippen molar-refractivity contribution in [2.45, 2.75) is 78.8 Å². The van der Waals surface area contributed by atoms with Gasteiger partial charge in [-0.25, -0.2) is 9.59 Å². The molecule has 2 atom stereocenters. The highest BCUT2D eigenvalue weighted by molar-refractivity contribution is 5.85. The summed E-state index contributed by atoms with van der Waals surface area (Å²) in [5, 5.41) is 0. The predicted molar refractivity (Wildman–Crippen MR) is 82.5 cm³/mol. The molecule has 130 valence electrons. The molecule has 22 heavy (non-hydrogen) atoms. The standard InChI is InChI=1S/C16H30O6/c1-7-9-19-15(17)13(21-11(3)4)14(22-12(5)6)16(18)20-10-8-2/h11-14H,7-10H2,1-6H3. The maximum Gasteiger partial charge on any atom is 0.338 e. The van der Waals surface area contributed by atoms with Gasteiger partial charge in [0.2, 0.25) is 0 Å². The van der Waals surface area contributed by atoms with Crippen LogP contribution in [0.4, 0.5) is 0 Å². The molecule has 0 aliphatic carbocycles. The molecule has 0 aromatic rings. The zero-order valence-electron chi connectivity index (χ0n) is 14.6. The molecular weight excluding hydrogens is 288 g/mol. The fourth-order valence-corrected chi connectivity index (χ4v) is 1.66. The van der Waals surface area contributed by atoms with Crippen molar-refractivity contribution in [3.63, 3.8) is 0 Å². The Morgan fingerprint density at radius 3 is 1.27 bits per heavy atom. The molecule has 2 unspecified atom stereocenters. The number of esters is 2. The van der Waals surface area contributed by atoms with Crippen molar-refractivity contribution in [1.29, 1.82) is 0 Å². The Bertz CT molecular complexity index is 295. The average molecular weight is 318 g/mol. The van der Waals surface area contributed by atoms with Crippen LogP contribution in [0.25, 0.3) is 0 Å². The third kappa shape index (κ3) is 8.34. The van der Waals surface area contributed by atoms with Crippen molar-refractivity contribution in [2.24, 2.45) is 0 Å². The van der Waals surface area contributed by atoms with Crippen LogP contribution >= 0.6 is 0 Å². The van der Waals surface area contributed by atoms with E-state index in [1.54, 1.807) is 27.7 Å². The van der Waals surface area contributed by atoms with Gasteiger partial charge in [0.05, 0.1) is 25.4 Å². The molecule has 0 aliphatic rings. The van der Waals surface area contributed by atoms with Crippen LogP contribution in [-0.2, 0) is 28.5 Å². The van der Waals surface area contributed by atoms with Crippen LogP contribution in [0.15, 0.2) is 0 Å². The van der Waals surface area contributed by atoms with E-state index in [4.69, 9.17) is 18.9 Å². The molecule has 0 aromatic heterocycles. The molecule has 0 saturated heterocycles. The highest BCUT2D eigenvalue weighted by Gasteiger charge is 2.39. The third-order valence-electron chi connectivity index (χ3n) is 2.47. The van der Waals surface area contributed by atoms with Crippen LogP contribution in [0.5, 0.6) is 0 Å². The van der Waals surface area contributed by atoms with E-state index in [-0.39, 0.29) is 25.4 Å². The van der Waals surface area contributed by atoms with Crippen LogP contribution in [0.3, 0.4) is 0 Å². The van der Waals surface area contributed by atoms with E-state index in [1.165, 1.54) is 0 Å². The van der Waals surface area contributed by atoms with Crippen molar-refractivity contribution >= 4 is 11.9 Å².